The van der Waals surface area contributed by atoms with E-state index in [4.69, 9.17) is 28.6 Å². The van der Waals surface area contributed by atoms with Gasteiger partial charge in [0, 0.05) is 44.5 Å². The van der Waals surface area contributed by atoms with Gasteiger partial charge in [0.15, 0.2) is 5.11 Å². The quantitative estimate of drug-likeness (QED) is 0.364. The minimum Gasteiger partial charge on any atom is -0.383 e. The number of nitrogens with one attached hydrogen (secondary N) is 1. The van der Waals surface area contributed by atoms with E-state index in [9.17, 15) is 18.0 Å². The maximum atomic E-state index is 12.8. The molecule has 2 aliphatic heterocycles. The first-order chi connectivity index (χ1) is 14.2. The second kappa shape index (κ2) is 9.40. The Labute approximate surface area is 185 Å². The first kappa shape index (κ1) is 22.6. The molecule has 0 aromatic heterocycles. The smallest absolute Gasteiger partial charge is 0.267 e. The van der Waals surface area contributed by atoms with Gasteiger partial charge in [-0.25, -0.2) is 8.42 Å². The number of amides is 2. The Balaban J connectivity index is 1.69. The van der Waals surface area contributed by atoms with E-state index >= 15 is 0 Å². The molecule has 0 bridgehead atoms. The summed E-state index contributed by atoms with van der Waals surface area (Å²) in [5, 5.41) is 3.00. The van der Waals surface area contributed by atoms with E-state index in [0.717, 1.165) is 0 Å². The zero-order valence-electron chi connectivity index (χ0n) is 16.2. The predicted molar refractivity (Wildman–Crippen MR) is 114 cm³/mol. The summed E-state index contributed by atoms with van der Waals surface area (Å²) in [5.74, 6) is -1.08. The number of thiocarbonyl (C=S) groups is 1. The van der Waals surface area contributed by atoms with Crippen LogP contribution in [0.25, 0.3) is 0 Å². The van der Waals surface area contributed by atoms with Gasteiger partial charge in [-0.05, 0) is 36.5 Å². The van der Waals surface area contributed by atoms with Crippen molar-refractivity contribution in [3.8, 4) is 0 Å². The van der Waals surface area contributed by atoms with Crippen LogP contribution in [0.5, 0.6) is 0 Å². The second-order valence-electron chi connectivity index (χ2n) is 6.65. The molecule has 0 atom stereocenters. The molecule has 2 aliphatic rings. The van der Waals surface area contributed by atoms with Crippen LogP contribution in [0.4, 0.5) is 0 Å². The number of hydrogen-bond acceptors (Lipinski definition) is 7. The number of benzene rings is 1. The Morgan fingerprint density at radius 2 is 1.80 bits per heavy atom. The summed E-state index contributed by atoms with van der Waals surface area (Å²) in [4.78, 5) is 28.1. The molecule has 2 saturated heterocycles. The molecular weight excluding hydrogens is 452 g/mol. The number of ether oxygens (including phenoxy) is 1. The number of rotatable bonds is 6. The molecule has 3 rings (SSSR count). The second-order valence-corrected chi connectivity index (χ2v) is 9.41. The van der Waals surface area contributed by atoms with E-state index in [-0.39, 0.29) is 41.8 Å². The molecule has 2 fully saturated rings. The SMILES string of the molecule is COCCN1C(=O)C(=CN2CCN(S(=O)(=O)c3ccc(Cl)cc3)CC2)C(=O)NC1=S. The van der Waals surface area contributed by atoms with Crippen molar-refractivity contribution in [1.82, 2.24) is 19.4 Å². The molecule has 2 amide bonds. The van der Waals surface area contributed by atoms with Crippen molar-refractivity contribution in [1.29, 1.82) is 0 Å². The van der Waals surface area contributed by atoms with Crippen LogP contribution in [-0.4, -0.2) is 85.9 Å². The number of nitrogens with zero attached hydrogens (tertiary/aromatic N) is 3. The monoisotopic (exact) mass is 472 g/mol. The fourth-order valence-electron chi connectivity index (χ4n) is 3.08. The number of halogens is 1. The minimum absolute atomic E-state index is 0.0399. The van der Waals surface area contributed by atoms with Crippen LogP contribution in [0.3, 0.4) is 0 Å². The molecule has 0 aliphatic carbocycles. The van der Waals surface area contributed by atoms with Gasteiger partial charge in [0.25, 0.3) is 11.8 Å². The van der Waals surface area contributed by atoms with Crippen LogP contribution >= 0.6 is 23.8 Å². The van der Waals surface area contributed by atoms with E-state index in [0.29, 0.717) is 18.1 Å². The minimum atomic E-state index is -3.64. The fraction of sp³-hybridized carbons (Fsp3) is 0.389. The lowest BCUT2D eigenvalue weighted by molar-refractivity contribution is -0.129. The van der Waals surface area contributed by atoms with E-state index in [1.165, 1.54) is 46.8 Å². The van der Waals surface area contributed by atoms with E-state index in [1.807, 2.05) is 0 Å². The molecule has 0 spiro atoms. The molecule has 0 saturated carbocycles. The fourth-order valence-corrected chi connectivity index (χ4v) is 4.89. The molecule has 12 heteroatoms. The summed E-state index contributed by atoms with van der Waals surface area (Å²) in [6, 6.07) is 5.99. The molecule has 162 valence electrons. The number of carbonyl (C=O) groups is 2. The molecule has 9 nitrogen and oxygen atoms in total. The Morgan fingerprint density at radius 1 is 1.17 bits per heavy atom. The number of hydrogen-bond donors (Lipinski definition) is 1. The van der Waals surface area contributed by atoms with Crippen molar-refractivity contribution in [2.75, 3.05) is 46.4 Å². The third-order valence-electron chi connectivity index (χ3n) is 4.74. The Morgan fingerprint density at radius 3 is 2.40 bits per heavy atom. The van der Waals surface area contributed by atoms with Crippen LogP contribution in [0.1, 0.15) is 0 Å². The number of piperazine rings is 1. The molecule has 30 heavy (non-hydrogen) atoms. The third-order valence-corrected chi connectivity index (χ3v) is 7.23. The lowest BCUT2D eigenvalue weighted by Crippen LogP contribution is -2.55. The summed E-state index contributed by atoms with van der Waals surface area (Å²) < 4.78 is 31.9. The van der Waals surface area contributed by atoms with Crippen LogP contribution in [0.2, 0.25) is 5.02 Å². The predicted octanol–water partition coefficient (Wildman–Crippen LogP) is 0.420. The van der Waals surface area contributed by atoms with Gasteiger partial charge in [0.05, 0.1) is 18.0 Å². The van der Waals surface area contributed by atoms with Gasteiger partial charge < -0.3 is 9.64 Å². The highest BCUT2D eigenvalue weighted by molar-refractivity contribution is 7.89. The van der Waals surface area contributed by atoms with Crippen LogP contribution in [0.15, 0.2) is 40.9 Å². The number of methoxy groups -OCH3 is 1. The van der Waals surface area contributed by atoms with E-state index in [1.54, 1.807) is 4.90 Å². The van der Waals surface area contributed by atoms with Gasteiger partial charge in [-0.15, -0.1) is 0 Å². The van der Waals surface area contributed by atoms with Gasteiger partial charge in [-0.1, -0.05) is 11.6 Å². The highest BCUT2D eigenvalue weighted by Gasteiger charge is 2.34. The van der Waals surface area contributed by atoms with Crippen molar-refractivity contribution in [3.05, 3.63) is 41.1 Å². The topological polar surface area (TPSA) is 99.3 Å². The van der Waals surface area contributed by atoms with Gasteiger partial charge in [-0.3, -0.25) is 19.8 Å². The van der Waals surface area contributed by atoms with Crippen LogP contribution < -0.4 is 5.32 Å². The van der Waals surface area contributed by atoms with Crippen molar-refractivity contribution in [3.63, 3.8) is 0 Å². The molecule has 0 unspecified atom stereocenters. The van der Waals surface area contributed by atoms with Gasteiger partial charge in [-0.2, -0.15) is 4.31 Å². The number of carbonyl (C=O) groups excluding carboxylic acids is 2. The van der Waals surface area contributed by atoms with E-state index in [2.05, 4.69) is 5.32 Å². The average Bonchev–Trinajstić information content (AvgIpc) is 2.71. The summed E-state index contributed by atoms with van der Waals surface area (Å²) in [7, 11) is -2.14. The van der Waals surface area contributed by atoms with Crippen LogP contribution in [-0.2, 0) is 24.3 Å². The Kier molecular flexibility index (Phi) is 7.09. The van der Waals surface area contributed by atoms with Gasteiger partial charge >= 0.3 is 0 Å². The average molecular weight is 473 g/mol. The maximum Gasteiger partial charge on any atom is 0.267 e. The molecule has 1 aromatic rings. The van der Waals surface area contributed by atoms with Crippen molar-refractivity contribution in [2.45, 2.75) is 4.90 Å². The highest BCUT2D eigenvalue weighted by Crippen LogP contribution is 2.20. The Hall–Kier alpha value is -2.05. The summed E-state index contributed by atoms with van der Waals surface area (Å²) in [6.07, 6.45) is 1.46. The Bertz CT molecular complexity index is 973. The van der Waals surface area contributed by atoms with Crippen LogP contribution in [0, 0.1) is 0 Å². The van der Waals surface area contributed by atoms with E-state index < -0.39 is 21.8 Å². The highest BCUT2D eigenvalue weighted by atomic mass is 35.5. The molecule has 0 radical (unpaired) electrons. The molecule has 1 aromatic carbocycles. The van der Waals surface area contributed by atoms with Gasteiger partial charge in [0.2, 0.25) is 10.0 Å². The normalized spacial score (nSPS) is 20.1. The summed E-state index contributed by atoms with van der Waals surface area (Å²) in [6.45, 7) is 1.60. The number of sulfonamides is 1. The summed E-state index contributed by atoms with van der Waals surface area (Å²) in [5.41, 5.74) is -0.0475. The standard InChI is InChI=1S/C18H21ClN4O5S2/c1-28-11-10-23-17(25)15(16(24)20-18(23)29)12-21-6-8-22(9-7-21)30(26,27)14-4-2-13(19)3-5-14/h2-5,12H,6-11H2,1H3,(H,20,24,29). The largest absolute Gasteiger partial charge is 0.383 e. The third kappa shape index (κ3) is 4.81. The zero-order valence-corrected chi connectivity index (χ0v) is 18.6. The lowest BCUT2D eigenvalue weighted by atomic mass is 10.2. The first-order valence-electron chi connectivity index (χ1n) is 9.11. The van der Waals surface area contributed by atoms with Crippen molar-refractivity contribution < 1.29 is 22.7 Å². The van der Waals surface area contributed by atoms with Gasteiger partial charge in [0.1, 0.15) is 5.57 Å². The molecular formula is C18H21ClN4O5S2. The molecule has 1 N–H and O–H groups in total. The zero-order chi connectivity index (χ0) is 21.9. The maximum absolute atomic E-state index is 12.8. The molecule has 2 heterocycles. The van der Waals surface area contributed by atoms with Crippen molar-refractivity contribution in [2.24, 2.45) is 0 Å². The van der Waals surface area contributed by atoms with Crippen molar-refractivity contribution >= 4 is 50.8 Å². The lowest BCUT2D eigenvalue weighted by Gasteiger charge is -2.35. The summed E-state index contributed by atoms with van der Waals surface area (Å²) >= 11 is 10.9. The first-order valence-corrected chi connectivity index (χ1v) is 11.3.